The maximum atomic E-state index is 11.6. The third kappa shape index (κ3) is 3.27. The maximum absolute atomic E-state index is 11.6. The number of nitrogens with one attached hydrogen (secondary N) is 1. The van der Waals surface area contributed by atoms with Gasteiger partial charge in [-0.1, -0.05) is 11.6 Å². The van der Waals surface area contributed by atoms with Gasteiger partial charge in [-0.3, -0.25) is 0 Å². The second kappa shape index (κ2) is 6.21. The molecule has 0 saturated carbocycles. The zero-order chi connectivity index (χ0) is 14.7. The second-order valence-electron chi connectivity index (χ2n) is 4.03. The average molecular weight is 314 g/mol. The minimum absolute atomic E-state index is 0.0292. The van der Waals surface area contributed by atoms with E-state index in [0.717, 1.165) is 0 Å². The summed E-state index contributed by atoms with van der Waals surface area (Å²) in [6.45, 7) is 0.353. The van der Waals surface area contributed by atoms with Gasteiger partial charge in [0.15, 0.2) is 4.90 Å². The van der Waals surface area contributed by atoms with Gasteiger partial charge in [-0.2, -0.15) is 0 Å². The van der Waals surface area contributed by atoms with Crippen LogP contribution in [0.1, 0.15) is 16.1 Å². The first kappa shape index (κ1) is 14.8. The van der Waals surface area contributed by atoms with E-state index < -0.39 is 17.1 Å². The highest BCUT2D eigenvalue weighted by molar-refractivity contribution is 7.90. The maximum Gasteiger partial charge on any atom is 0.335 e. The van der Waals surface area contributed by atoms with Crippen molar-refractivity contribution in [3.05, 3.63) is 46.9 Å². The van der Waals surface area contributed by atoms with Crippen LogP contribution >= 0.6 is 11.6 Å². The number of hydrogen-bond acceptors (Lipinski definition) is 4. The predicted molar refractivity (Wildman–Crippen MR) is 76.8 cm³/mol. The lowest BCUT2D eigenvalue weighted by Crippen LogP contribution is -2.07. The molecule has 0 bridgehead atoms. The van der Waals surface area contributed by atoms with E-state index in [0.29, 0.717) is 18.0 Å². The summed E-state index contributed by atoms with van der Waals surface area (Å²) in [5, 5.41) is 12.3. The molecule has 0 saturated heterocycles. The van der Waals surface area contributed by atoms with Gasteiger partial charge in [-0.15, -0.1) is 0 Å². The molecule has 0 fully saturated rings. The highest BCUT2D eigenvalue weighted by Crippen LogP contribution is 2.31. The first-order chi connectivity index (χ1) is 9.49. The Kier molecular flexibility index (Phi) is 4.59. The van der Waals surface area contributed by atoms with Crippen LogP contribution in [0.4, 0.5) is 5.69 Å². The van der Waals surface area contributed by atoms with Crippen molar-refractivity contribution in [2.24, 2.45) is 0 Å². The summed E-state index contributed by atoms with van der Waals surface area (Å²) >= 11 is 4.76. The van der Waals surface area contributed by atoms with E-state index in [1.165, 1.54) is 18.4 Å². The topological polar surface area (TPSA) is 85.5 Å². The van der Waals surface area contributed by atoms with Gasteiger partial charge >= 0.3 is 5.97 Å². The van der Waals surface area contributed by atoms with Crippen LogP contribution < -0.4 is 5.32 Å². The molecule has 7 heteroatoms. The molecule has 0 spiro atoms. The number of hydrogen-bond donors (Lipinski definition) is 2. The van der Waals surface area contributed by atoms with Gasteiger partial charge in [0.1, 0.15) is 17.0 Å². The van der Waals surface area contributed by atoms with Gasteiger partial charge in [0, 0.05) is 6.07 Å². The Labute approximate surface area is 123 Å². The molecule has 0 aliphatic heterocycles. The van der Waals surface area contributed by atoms with Crippen LogP contribution in [-0.4, -0.2) is 21.9 Å². The first-order valence-corrected chi connectivity index (χ1v) is 7.59. The van der Waals surface area contributed by atoms with Crippen molar-refractivity contribution in [1.82, 2.24) is 0 Å². The Morgan fingerprint density at radius 1 is 1.55 bits per heavy atom. The van der Waals surface area contributed by atoms with E-state index in [1.54, 1.807) is 18.4 Å². The molecule has 1 aromatic carbocycles. The van der Waals surface area contributed by atoms with Crippen molar-refractivity contribution in [2.45, 2.75) is 11.4 Å². The van der Waals surface area contributed by atoms with Gasteiger partial charge in [0.05, 0.1) is 24.1 Å². The number of carbonyl (C=O) groups is 1. The molecular formula is C13H12ClNO4S. The summed E-state index contributed by atoms with van der Waals surface area (Å²) < 4.78 is 16.8. The van der Waals surface area contributed by atoms with Crippen LogP contribution in [0.3, 0.4) is 0 Å². The lowest BCUT2D eigenvalue weighted by Gasteiger charge is -2.13. The molecule has 2 rings (SSSR count). The number of halogens is 1. The number of carboxylic acids is 1. The standard InChI is InChI=1S/C13H12ClNO4S/c1-20(18)11-6-8(13(16)17)5-10(12(11)14)15-7-9-3-2-4-19-9/h2-6,15H,7H2,1H3,(H,16,17). The molecule has 1 unspecified atom stereocenters. The number of aromatic carboxylic acids is 1. The van der Waals surface area contributed by atoms with Crippen molar-refractivity contribution in [3.8, 4) is 0 Å². The summed E-state index contributed by atoms with van der Waals surface area (Å²) in [6.07, 6.45) is 2.99. The van der Waals surface area contributed by atoms with E-state index in [4.69, 9.17) is 21.1 Å². The van der Waals surface area contributed by atoms with Crippen LogP contribution in [0.2, 0.25) is 5.02 Å². The summed E-state index contributed by atoms with van der Waals surface area (Å²) in [6, 6.07) is 6.25. The lowest BCUT2D eigenvalue weighted by atomic mass is 10.2. The molecule has 2 N–H and O–H groups in total. The second-order valence-corrected chi connectivity index (χ2v) is 5.75. The highest BCUT2D eigenvalue weighted by atomic mass is 35.5. The zero-order valence-corrected chi connectivity index (χ0v) is 12.1. The molecule has 2 aromatic rings. The van der Waals surface area contributed by atoms with Gasteiger partial charge < -0.3 is 19.4 Å². The summed E-state index contributed by atoms with van der Waals surface area (Å²) in [4.78, 5) is 11.4. The highest BCUT2D eigenvalue weighted by Gasteiger charge is 2.19. The first-order valence-electron chi connectivity index (χ1n) is 5.65. The molecule has 106 valence electrons. The predicted octanol–water partition coefficient (Wildman–Crippen LogP) is 2.98. The van der Waals surface area contributed by atoms with Crippen LogP contribution in [0.5, 0.6) is 0 Å². The minimum atomic E-state index is -1.38. The molecule has 0 radical (unpaired) electrons. The van der Waals surface area contributed by atoms with Crippen molar-refractivity contribution >= 4 is 34.4 Å². The van der Waals surface area contributed by atoms with Gasteiger partial charge in [-0.25, -0.2) is 4.79 Å². The van der Waals surface area contributed by atoms with Crippen molar-refractivity contribution in [1.29, 1.82) is 0 Å². The molecule has 1 aromatic heterocycles. The van der Waals surface area contributed by atoms with Gasteiger partial charge in [0.2, 0.25) is 0 Å². The number of benzene rings is 1. The summed E-state index contributed by atoms with van der Waals surface area (Å²) in [5.41, 5.74) is 0.440. The Hall–Kier alpha value is -1.63. The van der Waals surface area contributed by atoms with E-state index in [2.05, 4.69) is 5.32 Å². The molecule has 0 amide bonds. The largest absolute Gasteiger partial charge is 0.612 e. The fourth-order valence-corrected chi connectivity index (χ4v) is 2.81. The Balaban J connectivity index is 2.32. The third-order valence-electron chi connectivity index (χ3n) is 2.63. The normalized spacial score (nSPS) is 12.2. The van der Waals surface area contributed by atoms with Crippen LogP contribution in [0.25, 0.3) is 0 Å². The smallest absolute Gasteiger partial charge is 0.335 e. The van der Waals surface area contributed by atoms with Crippen LogP contribution in [0, 0.1) is 0 Å². The molecule has 1 atom stereocenters. The average Bonchev–Trinajstić information content (AvgIpc) is 2.90. The molecule has 0 aliphatic rings. The lowest BCUT2D eigenvalue weighted by molar-refractivity contribution is 0.0696. The zero-order valence-electron chi connectivity index (χ0n) is 10.6. The monoisotopic (exact) mass is 313 g/mol. The Morgan fingerprint density at radius 3 is 2.85 bits per heavy atom. The molecule has 20 heavy (non-hydrogen) atoms. The number of anilines is 1. The molecule has 0 aliphatic carbocycles. The summed E-state index contributed by atoms with van der Waals surface area (Å²) in [5.74, 6) is -0.421. The molecule has 5 nitrogen and oxygen atoms in total. The van der Waals surface area contributed by atoms with E-state index in [1.807, 2.05) is 0 Å². The van der Waals surface area contributed by atoms with Crippen molar-refractivity contribution in [3.63, 3.8) is 0 Å². The van der Waals surface area contributed by atoms with Crippen LogP contribution in [-0.2, 0) is 17.7 Å². The van der Waals surface area contributed by atoms with E-state index in [-0.39, 0.29) is 15.5 Å². The number of carboxylic acid groups (broad SMARTS) is 1. The van der Waals surface area contributed by atoms with Gasteiger partial charge in [-0.05, 0) is 29.4 Å². The quantitative estimate of drug-likeness (QED) is 0.829. The van der Waals surface area contributed by atoms with Crippen molar-refractivity contribution in [2.75, 3.05) is 11.6 Å². The molecular weight excluding hydrogens is 302 g/mol. The van der Waals surface area contributed by atoms with Gasteiger partial charge in [0.25, 0.3) is 0 Å². The van der Waals surface area contributed by atoms with E-state index >= 15 is 0 Å². The summed E-state index contributed by atoms with van der Waals surface area (Å²) in [7, 11) is 0. The molecule has 1 heterocycles. The number of rotatable bonds is 5. The number of furan rings is 1. The third-order valence-corrected chi connectivity index (χ3v) is 4.09. The van der Waals surface area contributed by atoms with Crippen LogP contribution in [0.15, 0.2) is 39.8 Å². The minimum Gasteiger partial charge on any atom is -0.612 e. The Bertz CT molecular complexity index is 613. The SMILES string of the molecule is C[S+]([O-])c1cc(C(=O)O)cc(NCc2ccco2)c1Cl. The van der Waals surface area contributed by atoms with Crippen molar-refractivity contribution < 1.29 is 18.9 Å². The Morgan fingerprint density at radius 2 is 2.30 bits per heavy atom. The van der Waals surface area contributed by atoms with E-state index in [9.17, 15) is 9.35 Å². The fourth-order valence-electron chi connectivity index (χ4n) is 1.65. The fraction of sp³-hybridized carbons (Fsp3) is 0.154.